The molecule has 2 aromatic rings. The Morgan fingerprint density at radius 3 is 2.46 bits per heavy atom. The second-order valence-electron chi connectivity index (χ2n) is 6.07. The third kappa shape index (κ3) is 5.61. The molecule has 0 unspecified atom stereocenters. The number of ether oxygens (including phenoxy) is 1. The van der Waals surface area contributed by atoms with Crippen molar-refractivity contribution in [3.05, 3.63) is 47.8 Å². The second kappa shape index (κ2) is 8.96. The van der Waals surface area contributed by atoms with Gasteiger partial charge in [-0.3, -0.25) is 9.67 Å². The van der Waals surface area contributed by atoms with E-state index in [1.165, 1.54) is 5.56 Å². The van der Waals surface area contributed by atoms with E-state index < -0.39 is 0 Å². The van der Waals surface area contributed by atoms with Gasteiger partial charge in [-0.05, 0) is 29.7 Å². The van der Waals surface area contributed by atoms with Crippen LogP contribution in [0.25, 0.3) is 0 Å². The van der Waals surface area contributed by atoms with E-state index in [4.69, 9.17) is 4.74 Å². The number of nitrogens with one attached hydrogen (secondary N) is 2. The molecule has 0 saturated heterocycles. The van der Waals surface area contributed by atoms with E-state index in [1.54, 1.807) is 13.2 Å². The number of guanidine groups is 1. The summed E-state index contributed by atoms with van der Waals surface area (Å²) in [5.74, 6) is 2.20. The van der Waals surface area contributed by atoms with Crippen molar-refractivity contribution in [1.82, 2.24) is 20.4 Å². The lowest BCUT2D eigenvalue weighted by Gasteiger charge is -2.13. The highest BCUT2D eigenvalue weighted by atomic mass is 16.5. The van der Waals surface area contributed by atoms with Crippen LogP contribution >= 0.6 is 0 Å². The molecule has 6 heteroatoms. The Morgan fingerprint density at radius 2 is 1.88 bits per heavy atom. The van der Waals surface area contributed by atoms with E-state index in [0.29, 0.717) is 19.0 Å². The van der Waals surface area contributed by atoms with E-state index in [2.05, 4.69) is 46.7 Å². The molecule has 0 spiro atoms. The highest BCUT2D eigenvalue weighted by Gasteiger charge is 2.02. The quantitative estimate of drug-likeness (QED) is 0.604. The molecule has 0 aliphatic rings. The maximum atomic E-state index is 5.70. The molecule has 0 amide bonds. The summed E-state index contributed by atoms with van der Waals surface area (Å²) < 4.78 is 7.54. The van der Waals surface area contributed by atoms with Gasteiger partial charge in [-0.2, -0.15) is 5.10 Å². The first-order chi connectivity index (χ1) is 11.6. The monoisotopic (exact) mass is 329 g/mol. The van der Waals surface area contributed by atoms with Crippen LogP contribution in [0.15, 0.2) is 41.5 Å². The minimum absolute atomic E-state index is 0.528. The molecule has 6 nitrogen and oxygen atoms in total. The zero-order valence-electron chi connectivity index (χ0n) is 14.9. The molecule has 0 bridgehead atoms. The van der Waals surface area contributed by atoms with Crippen LogP contribution in [0.3, 0.4) is 0 Å². The molecule has 0 saturated carbocycles. The predicted molar refractivity (Wildman–Crippen MR) is 97.0 cm³/mol. The fraction of sp³-hybridized carbons (Fsp3) is 0.444. The summed E-state index contributed by atoms with van der Waals surface area (Å²) in [4.78, 5) is 4.24. The van der Waals surface area contributed by atoms with Crippen molar-refractivity contribution in [2.24, 2.45) is 18.0 Å². The van der Waals surface area contributed by atoms with Gasteiger partial charge in [-0.15, -0.1) is 0 Å². The van der Waals surface area contributed by atoms with E-state index in [1.807, 2.05) is 29.9 Å². The maximum absolute atomic E-state index is 5.70. The zero-order chi connectivity index (χ0) is 17.4. The summed E-state index contributed by atoms with van der Waals surface area (Å²) in [6.45, 7) is 6.40. The van der Waals surface area contributed by atoms with Crippen LogP contribution in [0.2, 0.25) is 0 Å². The molecule has 0 aliphatic carbocycles. The van der Waals surface area contributed by atoms with Crippen LogP contribution in [0.4, 0.5) is 0 Å². The fourth-order valence-corrected chi connectivity index (χ4v) is 2.12. The number of aliphatic imine (C=N–C) groups is 1. The maximum Gasteiger partial charge on any atom is 0.191 e. The summed E-state index contributed by atoms with van der Waals surface area (Å²) in [5, 5.41) is 10.7. The number of nitrogens with zero attached hydrogens (tertiary/aromatic N) is 3. The first-order valence-corrected chi connectivity index (χ1v) is 8.21. The van der Waals surface area contributed by atoms with Crippen LogP contribution in [0.1, 0.15) is 25.1 Å². The normalized spacial score (nSPS) is 11.6. The first kappa shape index (κ1) is 17.8. The van der Waals surface area contributed by atoms with E-state index in [9.17, 15) is 0 Å². The molecule has 2 N–H and O–H groups in total. The lowest BCUT2D eigenvalue weighted by Crippen LogP contribution is -2.36. The number of rotatable bonds is 7. The minimum atomic E-state index is 0.528. The third-order valence-corrected chi connectivity index (χ3v) is 3.55. The van der Waals surface area contributed by atoms with Crippen molar-refractivity contribution >= 4 is 5.96 Å². The average molecular weight is 329 g/mol. The van der Waals surface area contributed by atoms with Gasteiger partial charge in [-0.25, -0.2) is 0 Å². The summed E-state index contributed by atoms with van der Waals surface area (Å²) >= 11 is 0. The largest absolute Gasteiger partial charge is 0.493 e. The zero-order valence-corrected chi connectivity index (χ0v) is 14.9. The lowest BCUT2D eigenvalue weighted by molar-refractivity contribution is 0.271. The first-order valence-electron chi connectivity index (χ1n) is 8.21. The molecule has 1 aromatic heterocycles. The van der Waals surface area contributed by atoms with Crippen molar-refractivity contribution in [1.29, 1.82) is 0 Å². The summed E-state index contributed by atoms with van der Waals surface area (Å²) in [6, 6.07) is 10.1. The second-order valence-corrected chi connectivity index (χ2v) is 6.07. The molecule has 24 heavy (non-hydrogen) atoms. The number of aryl methyl sites for hydroxylation is 1. The van der Waals surface area contributed by atoms with Crippen molar-refractivity contribution in [3.8, 4) is 5.75 Å². The van der Waals surface area contributed by atoms with Crippen LogP contribution in [0.5, 0.6) is 5.75 Å². The van der Waals surface area contributed by atoms with E-state index >= 15 is 0 Å². The van der Waals surface area contributed by atoms with Gasteiger partial charge in [0.2, 0.25) is 0 Å². The molecule has 1 aromatic carbocycles. The van der Waals surface area contributed by atoms with Crippen LogP contribution in [-0.4, -0.2) is 29.4 Å². The Bertz CT molecular complexity index is 646. The van der Waals surface area contributed by atoms with Gasteiger partial charge in [0.1, 0.15) is 5.75 Å². The van der Waals surface area contributed by atoms with Crippen molar-refractivity contribution in [2.75, 3.05) is 13.7 Å². The Balaban J connectivity index is 1.79. The van der Waals surface area contributed by atoms with Gasteiger partial charge in [-0.1, -0.05) is 26.0 Å². The molecule has 0 radical (unpaired) electrons. The smallest absolute Gasteiger partial charge is 0.191 e. The Morgan fingerprint density at radius 1 is 1.17 bits per heavy atom. The van der Waals surface area contributed by atoms with Gasteiger partial charge >= 0.3 is 0 Å². The predicted octanol–water partition coefficient (Wildman–Crippen LogP) is 2.32. The molecule has 130 valence electrons. The summed E-state index contributed by atoms with van der Waals surface area (Å²) in [6.07, 6.45) is 1.79. The van der Waals surface area contributed by atoms with Crippen LogP contribution in [-0.2, 0) is 20.1 Å². The highest BCUT2D eigenvalue weighted by Crippen LogP contribution is 2.13. The average Bonchev–Trinajstić information content (AvgIpc) is 2.99. The Labute approximate surface area is 143 Å². The molecular weight excluding hydrogens is 302 g/mol. The van der Waals surface area contributed by atoms with Crippen LogP contribution < -0.4 is 15.4 Å². The minimum Gasteiger partial charge on any atom is -0.493 e. The number of hydrogen-bond donors (Lipinski definition) is 2. The number of benzene rings is 1. The Hall–Kier alpha value is -2.50. The van der Waals surface area contributed by atoms with Gasteiger partial charge in [0.25, 0.3) is 0 Å². The van der Waals surface area contributed by atoms with E-state index in [-0.39, 0.29) is 0 Å². The SMILES string of the molecule is CN=C(NCc1ccc(OCC(C)C)cc1)NCc1ccnn1C. The molecule has 1 heterocycles. The molecule has 2 rings (SSSR count). The van der Waals surface area contributed by atoms with Gasteiger partial charge in [0.15, 0.2) is 5.96 Å². The van der Waals surface area contributed by atoms with Crippen molar-refractivity contribution in [2.45, 2.75) is 26.9 Å². The number of aromatic nitrogens is 2. The standard InChI is InChI=1S/C18H27N5O/c1-14(2)13-24-17-7-5-15(6-8-17)11-20-18(19-3)21-12-16-9-10-22-23(16)4/h5-10,14H,11-13H2,1-4H3,(H2,19,20,21). The number of hydrogen-bond acceptors (Lipinski definition) is 3. The van der Waals surface area contributed by atoms with Crippen molar-refractivity contribution < 1.29 is 4.74 Å². The molecule has 0 aliphatic heterocycles. The summed E-state index contributed by atoms with van der Waals surface area (Å²) in [5.41, 5.74) is 2.28. The lowest BCUT2D eigenvalue weighted by atomic mass is 10.2. The van der Waals surface area contributed by atoms with Gasteiger partial charge in [0.05, 0.1) is 18.8 Å². The molecular formula is C18H27N5O. The third-order valence-electron chi connectivity index (χ3n) is 3.55. The Kier molecular flexibility index (Phi) is 6.66. The van der Waals surface area contributed by atoms with E-state index in [0.717, 1.165) is 24.0 Å². The molecule has 0 atom stereocenters. The highest BCUT2D eigenvalue weighted by molar-refractivity contribution is 5.79. The topological polar surface area (TPSA) is 63.5 Å². The van der Waals surface area contributed by atoms with Crippen LogP contribution in [0, 0.1) is 5.92 Å². The van der Waals surface area contributed by atoms with Gasteiger partial charge < -0.3 is 15.4 Å². The summed E-state index contributed by atoms with van der Waals surface area (Å²) in [7, 11) is 3.69. The van der Waals surface area contributed by atoms with Gasteiger partial charge in [0, 0.05) is 26.8 Å². The van der Waals surface area contributed by atoms with Crippen molar-refractivity contribution in [3.63, 3.8) is 0 Å². The fourth-order valence-electron chi connectivity index (χ4n) is 2.12. The molecule has 0 fully saturated rings.